The number of hydrogen-bond acceptors (Lipinski definition) is 6. The van der Waals surface area contributed by atoms with Crippen LogP contribution in [-0.2, 0) is 6.54 Å². The van der Waals surface area contributed by atoms with Gasteiger partial charge in [0, 0.05) is 13.1 Å². The van der Waals surface area contributed by atoms with Crippen molar-refractivity contribution in [3.05, 3.63) is 47.8 Å². The first-order valence-corrected chi connectivity index (χ1v) is 8.63. The van der Waals surface area contributed by atoms with Crippen LogP contribution in [0.3, 0.4) is 0 Å². The predicted molar refractivity (Wildman–Crippen MR) is 99.6 cm³/mol. The zero-order valence-electron chi connectivity index (χ0n) is 15.1. The maximum absolute atomic E-state index is 12.2. The van der Waals surface area contributed by atoms with E-state index in [0.29, 0.717) is 18.0 Å². The summed E-state index contributed by atoms with van der Waals surface area (Å²) in [5.41, 5.74) is 2.25. The smallest absolute Gasteiger partial charge is 0.270 e. The van der Waals surface area contributed by atoms with Crippen LogP contribution in [-0.4, -0.2) is 49.8 Å². The van der Waals surface area contributed by atoms with Crippen LogP contribution in [0.25, 0.3) is 0 Å². The summed E-state index contributed by atoms with van der Waals surface area (Å²) in [5, 5.41) is 6.17. The van der Waals surface area contributed by atoms with E-state index in [1.165, 1.54) is 0 Å². The molecule has 2 N–H and O–H groups in total. The summed E-state index contributed by atoms with van der Waals surface area (Å²) in [6.45, 7) is 2.54. The van der Waals surface area contributed by atoms with Gasteiger partial charge in [-0.15, -0.1) is 0 Å². The molecule has 138 valence electrons. The van der Waals surface area contributed by atoms with Gasteiger partial charge in [-0.05, 0) is 56.9 Å². The summed E-state index contributed by atoms with van der Waals surface area (Å²) in [6, 6.07) is 9.22. The number of carbonyl (C=O) groups is 1. The second-order valence-electron chi connectivity index (χ2n) is 6.39. The number of nitrogens with one attached hydrogen (secondary N) is 2. The Morgan fingerprint density at radius 3 is 2.81 bits per heavy atom. The van der Waals surface area contributed by atoms with Crippen LogP contribution in [0.4, 0.5) is 5.69 Å². The molecular formula is C19H24N4O3. The van der Waals surface area contributed by atoms with E-state index in [2.05, 4.69) is 34.6 Å². The number of anilines is 1. The van der Waals surface area contributed by atoms with E-state index in [-0.39, 0.29) is 12.7 Å². The number of aromatic nitrogens is 1. The highest BCUT2D eigenvalue weighted by Gasteiger charge is 2.14. The van der Waals surface area contributed by atoms with Crippen molar-refractivity contribution in [2.45, 2.75) is 13.0 Å². The molecule has 7 nitrogen and oxygen atoms in total. The Hall–Kier alpha value is -2.80. The number of rotatable bonds is 8. The van der Waals surface area contributed by atoms with E-state index < -0.39 is 0 Å². The second kappa shape index (κ2) is 8.53. The Morgan fingerprint density at radius 2 is 2.04 bits per heavy atom. The van der Waals surface area contributed by atoms with Gasteiger partial charge in [0.25, 0.3) is 5.91 Å². The van der Waals surface area contributed by atoms with Gasteiger partial charge in [0.15, 0.2) is 11.5 Å². The highest BCUT2D eigenvalue weighted by molar-refractivity contribution is 5.92. The summed E-state index contributed by atoms with van der Waals surface area (Å²) in [7, 11) is 4.11. The molecule has 2 aromatic rings. The minimum Gasteiger partial charge on any atom is -0.454 e. The number of hydrogen-bond donors (Lipinski definition) is 2. The molecular weight excluding hydrogens is 332 g/mol. The van der Waals surface area contributed by atoms with Gasteiger partial charge in [0.05, 0.1) is 11.9 Å². The Kier molecular flexibility index (Phi) is 5.91. The van der Waals surface area contributed by atoms with Gasteiger partial charge in [0.2, 0.25) is 6.79 Å². The third-order valence-electron chi connectivity index (χ3n) is 4.00. The largest absolute Gasteiger partial charge is 0.454 e. The summed E-state index contributed by atoms with van der Waals surface area (Å²) >= 11 is 0. The molecule has 2 heterocycles. The molecule has 1 amide bonds. The van der Waals surface area contributed by atoms with Crippen molar-refractivity contribution in [3.8, 4) is 11.5 Å². The summed E-state index contributed by atoms with van der Waals surface area (Å²) in [5.74, 6) is 1.23. The minimum atomic E-state index is -0.207. The molecule has 26 heavy (non-hydrogen) atoms. The lowest BCUT2D eigenvalue weighted by Gasteiger charge is -2.11. The van der Waals surface area contributed by atoms with Crippen molar-refractivity contribution in [3.63, 3.8) is 0 Å². The summed E-state index contributed by atoms with van der Waals surface area (Å²) < 4.78 is 10.6. The molecule has 0 unspecified atom stereocenters. The maximum atomic E-state index is 12.2. The molecule has 0 spiro atoms. The van der Waals surface area contributed by atoms with Gasteiger partial charge in [0.1, 0.15) is 5.69 Å². The van der Waals surface area contributed by atoms with Crippen LogP contribution < -0.4 is 20.1 Å². The third-order valence-corrected chi connectivity index (χ3v) is 4.00. The molecule has 0 fully saturated rings. The normalized spacial score (nSPS) is 12.3. The molecule has 0 radical (unpaired) electrons. The molecule has 0 saturated heterocycles. The van der Waals surface area contributed by atoms with Crippen molar-refractivity contribution in [2.75, 3.05) is 39.3 Å². The number of amides is 1. The Labute approximate surface area is 153 Å². The van der Waals surface area contributed by atoms with E-state index in [1.54, 1.807) is 12.3 Å². The first-order valence-electron chi connectivity index (χ1n) is 8.63. The average Bonchev–Trinajstić information content (AvgIpc) is 3.11. The Balaban J connectivity index is 1.47. The Bertz CT molecular complexity index is 747. The fourth-order valence-electron chi connectivity index (χ4n) is 2.58. The van der Waals surface area contributed by atoms with Crippen molar-refractivity contribution < 1.29 is 14.3 Å². The Morgan fingerprint density at radius 1 is 1.19 bits per heavy atom. The second-order valence-corrected chi connectivity index (χ2v) is 6.39. The number of nitrogens with zero attached hydrogens (tertiary/aromatic N) is 2. The number of benzene rings is 1. The molecule has 0 bridgehead atoms. The molecule has 0 aliphatic carbocycles. The molecule has 7 heteroatoms. The first-order chi connectivity index (χ1) is 12.6. The fraction of sp³-hybridized carbons (Fsp3) is 0.368. The lowest BCUT2D eigenvalue weighted by molar-refractivity contribution is 0.0946. The van der Waals surface area contributed by atoms with E-state index >= 15 is 0 Å². The molecule has 0 saturated carbocycles. The van der Waals surface area contributed by atoms with Crippen LogP contribution in [0.2, 0.25) is 0 Å². The lowest BCUT2D eigenvalue weighted by atomic mass is 10.2. The van der Waals surface area contributed by atoms with Crippen molar-refractivity contribution >= 4 is 11.6 Å². The molecule has 1 aliphatic heterocycles. The van der Waals surface area contributed by atoms with Gasteiger partial charge >= 0.3 is 0 Å². The monoisotopic (exact) mass is 356 g/mol. The average molecular weight is 356 g/mol. The first kappa shape index (κ1) is 18.0. The van der Waals surface area contributed by atoms with Crippen molar-refractivity contribution in [1.29, 1.82) is 0 Å². The van der Waals surface area contributed by atoms with Crippen LogP contribution in [0, 0.1) is 0 Å². The maximum Gasteiger partial charge on any atom is 0.270 e. The van der Waals surface area contributed by atoms with E-state index in [4.69, 9.17) is 9.47 Å². The minimum absolute atomic E-state index is 0.207. The summed E-state index contributed by atoms with van der Waals surface area (Å²) in [4.78, 5) is 18.6. The van der Waals surface area contributed by atoms with Gasteiger partial charge < -0.3 is 25.0 Å². The standard InChI is InChI=1S/C19H24N4O3/c1-23(2)9-3-8-20-15-5-6-16(21-12-15)19(24)22-11-14-4-7-17-18(10-14)26-13-25-17/h4-7,10,12,20H,3,8-9,11,13H2,1-2H3,(H,22,24). The molecule has 1 aromatic heterocycles. The zero-order valence-corrected chi connectivity index (χ0v) is 15.1. The molecule has 0 atom stereocenters. The highest BCUT2D eigenvalue weighted by Crippen LogP contribution is 2.32. The van der Waals surface area contributed by atoms with Crippen LogP contribution in [0.5, 0.6) is 11.5 Å². The van der Waals surface area contributed by atoms with Gasteiger partial charge in [-0.25, -0.2) is 4.98 Å². The number of fused-ring (bicyclic) bond motifs is 1. The number of carbonyl (C=O) groups excluding carboxylic acids is 1. The third kappa shape index (κ3) is 4.86. The zero-order chi connectivity index (χ0) is 18.4. The predicted octanol–water partition coefficient (Wildman–Crippen LogP) is 2.10. The van der Waals surface area contributed by atoms with Crippen molar-refractivity contribution in [1.82, 2.24) is 15.2 Å². The van der Waals surface area contributed by atoms with E-state index in [0.717, 1.165) is 36.5 Å². The molecule has 1 aliphatic rings. The van der Waals surface area contributed by atoms with E-state index in [9.17, 15) is 4.79 Å². The van der Waals surface area contributed by atoms with Crippen molar-refractivity contribution in [2.24, 2.45) is 0 Å². The SMILES string of the molecule is CN(C)CCCNc1ccc(C(=O)NCc2ccc3c(c2)OCO3)nc1. The quantitative estimate of drug-likeness (QED) is 0.706. The van der Waals surface area contributed by atoms with E-state index in [1.807, 2.05) is 24.3 Å². The van der Waals surface area contributed by atoms with Crippen LogP contribution in [0.1, 0.15) is 22.5 Å². The van der Waals surface area contributed by atoms with Gasteiger partial charge in [-0.1, -0.05) is 6.07 Å². The molecule has 3 rings (SSSR count). The van der Waals surface area contributed by atoms with Crippen LogP contribution in [0.15, 0.2) is 36.5 Å². The molecule has 1 aromatic carbocycles. The highest BCUT2D eigenvalue weighted by atomic mass is 16.7. The number of pyridine rings is 1. The van der Waals surface area contributed by atoms with Gasteiger partial charge in [-0.3, -0.25) is 4.79 Å². The lowest BCUT2D eigenvalue weighted by Crippen LogP contribution is -2.23. The summed E-state index contributed by atoms with van der Waals surface area (Å²) in [6.07, 6.45) is 2.73. The number of ether oxygens (including phenoxy) is 2. The fourth-order valence-corrected chi connectivity index (χ4v) is 2.58. The van der Waals surface area contributed by atoms with Gasteiger partial charge in [-0.2, -0.15) is 0 Å². The van der Waals surface area contributed by atoms with Crippen LogP contribution >= 0.6 is 0 Å². The topological polar surface area (TPSA) is 75.7 Å².